The van der Waals surface area contributed by atoms with E-state index in [1.165, 1.54) is 36.4 Å². The lowest BCUT2D eigenvalue weighted by molar-refractivity contribution is -0.384. The van der Waals surface area contributed by atoms with Gasteiger partial charge in [0.2, 0.25) is 0 Å². The SMILES string of the molecule is O=C(/C=C/c1ccc([N+](=O)[O-])cc1)NNC(=O)COc1ccc2cc(Br)ccc2c1Br. The molecule has 0 fully saturated rings. The van der Waals surface area contributed by atoms with Crippen molar-refractivity contribution in [3.8, 4) is 5.75 Å². The number of nitrogens with zero attached hydrogens (tertiary/aromatic N) is 1. The molecule has 0 saturated carbocycles. The Labute approximate surface area is 193 Å². The van der Waals surface area contributed by atoms with Crippen molar-refractivity contribution >= 4 is 66.2 Å². The molecule has 0 aliphatic heterocycles. The first-order valence-corrected chi connectivity index (χ1v) is 10.4. The number of fused-ring (bicyclic) bond motifs is 1. The van der Waals surface area contributed by atoms with Gasteiger partial charge in [-0.1, -0.05) is 28.1 Å². The van der Waals surface area contributed by atoms with Crippen LogP contribution in [-0.4, -0.2) is 23.3 Å². The maximum atomic E-state index is 12.0. The number of amides is 2. The van der Waals surface area contributed by atoms with Gasteiger partial charge >= 0.3 is 0 Å². The highest BCUT2D eigenvalue weighted by molar-refractivity contribution is 9.11. The molecule has 0 spiro atoms. The van der Waals surface area contributed by atoms with Gasteiger partial charge in [0.1, 0.15) is 5.75 Å². The summed E-state index contributed by atoms with van der Waals surface area (Å²) >= 11 is 6.91. The monoisotopic (exact) mass is 547 g/mol. The molecule has 10 heteroatoms. The summed E-state index contributed by atoms with van der Waals surface area (Å²) in [6, 6.07) is 15.1. The van der Waals surface area contributed by atoms with Crippen LogP contribution >= 0.6 is 31.9 Å². The Morgan fingerprint density at radius 1 is 1.03 bits per heavy atom. The zero-order valence-corrected chi connectivity index (χ0v) is 19.0. The van der Waals surface area contributed by atoms with E-state index >= 15 is 0 Å². The highest BCUT2D eigenvalue weighted by atomic mass is 79.9. The van der Waals surface area contributed by atoms with Gasteiger partial charge in [-0.05, 0) is 68.7 Å². The average Bonchev–Trinajstić information content (AvgIpc) is 2.76. The molecule has 0 bridgehead atoms. The minimum atomic E-state index is -0.566. The highest BCUT2D eigenvalue weighted by Crippen LogP contribution is 2.34. The maximum Gasteiger partial charge on any atom is 0.276 e. The molecule has 0 atom stereocenters. The van der Waals surface area contributed by atoms with Crippen molar-refractivity contribution in [1.82, 2.24) is 10.9 Å². The molecule has 8 nitrogen and oxygen atoms in total. The van der Waals surface area contributed by atoms with Crippen molar-refractivity contribution in [1.29, 1.82) is 0 Å². The summed E-state index contributed by atoms with van der Waals surface area (Å²) in [4.78, 5) is 33.9. The van der Waals surface area contributed by atoms with Gasteiger partial charge in [-0.15, -0.1) is 0 Å². The van der Waals surface area contributed by atoms with Crippen molar-refractivity contribution in [2.75, 3.05) is 6.61 Å². The van der Waals surface area contributed by atoms with E-state index in [2.05, 4.69) is 42.7 Å². The summed E-state index contributed by atoms with van der Waals surface area (Å²) in [6.07, 6.45) is 2.66. The summed E-state index contributed by atoms with van der Waals surface area (Å²) in [6.45, 7) is -0.299. The number of rotatable bonds is 6. The van der Waals surface area contributed by atoms with Gasteiger partial charge in [0.05, 0.1) is 9.40 Å². The standard InChI is InChI=1S/C21H15Br2N3O5/c22-15-5-8-17-14(11-15)4-9-18(21(17)23)31-12-20(28)25-24-19(27)10-3-13-1-6-16(7-2-13)26(29)30/h1-11H,12H2,(H,24,27)(H,25,28)/b10-3+. The predicted octanol–water partition coefficient (Wildman–Crippen LogP) is 4.51. The topological polar surface area (TPSA) is 111 Å². The van der Waals surface area contributed by atoms with E-state index in [1.807, 2.05) is 24.3 Å². The summed E-state index contributed by atoms with van der Waals surface area (Å²) in [5.74, 6) is -0.613. The van der Waals surface area contributed by atoms with Crippen LogP contribution in [0.15, 0.2) is 69.6 Å². The van der Waals surface area contributed by atoms with Crippen LogP contribution in [0, 0.1) is 10.1 Å². The smallest absolute Gasteiger partial charge is 0.276 e. The van der Waals surface area contributed by atoms with Crippen LogP contribution in [0.1, 0.15) is 5.56 Å². The van der Waals surface area contributed by atoms with E-state index in [0.717, 1.165) is 19.7 Å². The van der Waals surface area contributed by atoms with Gasteiger partial charge in [-0.2, -0.15) is 0 Å². The van der Waals surface area contributed by atoms with Crippen LogP contribution in [-0.2, 0) is 9.59 Å². The van der Waals surface area contributed by atoms with E-state index < -0.39 is 16.7 Å². The third-order valence-electron chi connectivity index (χ3n) is 4.10. The molecule has 0 saturated heterocycles. The van der Waals surface area contributed by atoms with Crippen LogP contribution in [0.25, 0.3) is 16.8 Å². The number of hydrogen-bond acceptors (Lipinski definition) is 5. The molecule has 3 aromatic carbocycles. The van der Waals surface area contributed by atoms with Gasteiger partial charge < -0.3 is 4.74 Å². The molecule has 0 radical (unpaired) electrons. The third kappa shape index (κ3) is 6.12. The summed E-state index contributed by atoms with van der Waals surface area (Å²) in [5.41, 5.74) is 5.05. The summed E-state index contributed by atoms with van der Waals surface area (Å²) in [5, 5.41) is 12.6. The van der Waals surface area contributed by atoms with Crippen LogP contribution in [0.3, 0.4) is 0 Å². The number of carbonyl (C=O) groups is 2. The van der Waals surface area contributed by atoms with Crippen LogP contribution in [0.2, 0.25) is 0 Å². The molecule has 2 amide bonds. The number of benzene rings is 3. The first-order chi connectivity index (χ1) is 14.8. The van der Waals surface area contributed by atoms with Crippen molar-refractivity contribution in [3.05, 3.63) is 85.3 Å². The van der Waals surface area contributed by atoms with Gasteiger partial charge in [0.25, 0.3) is 17.5 Å². The first kappa shape index (κ1) is 22.4. The van der Waals surface area contributed by atoms with E-state index in [-0.39, 0.29) is 12.3 Å². The number of nitrogens with one attached hydrogen (secondary N) is 2. The predicted molar refractivity (Wildman–Crippen MR) is 123 cm³/mol. The lowest BCUT2D eigenvalue weighted by atomic mass is 10.1. The molecular formula is C21H15Br2N3O5. The zero-order chi connectivity index (χ0) is 22.4. The van der Waals surface area contributed by atoms with E-state index in [4.69, 9.17) is 4.74 Å². The highest BCUT2D eigenvalue weighted by Gasteiger charge is 2.10. The van der Waals surface area contributed by atoms with Crippen molar-refractivity contribution in [2.45, 2.75) is 0 Å². The van der Waals surface area contributed by atoms with Crippen LogP contribution < -0.4 is 15.6 Å². The normalized spacial score (nSPS) is 10.8. The number of nitro benzene ring substituents is 1. The van der Waals surface area contributed by atoms with Gasteiger partial charge in [-0.25, -0.2) is 0 Å². The number of hydrazine groups is 1. The minimum absolute atomic E-state index is 0.0419. The van der Waals surface area contributed by atoms with E-state index in [0.29, 0.717) is 11.3 Å². The zero-order valence-electron chi connectivity index (χ0n) is 15.8. The third-order valence-corrected chi connectivity index (χ3v) is 5.41. The molecule has 0 unspecified atom stereocenters. The Kier molecular flexibility index (Phi) is 7.37. The number of nitro groups is 1. The molecular weight excluding hydrogens is 534 g/mol. The molecule has 0 aliphatic carbocycles. The maximum absolute atomic E-state index is 12.0. The number of ether oxygens (including phenoxy) is 1. The minimum Gasteiger partial charge on any atom is -0.483 e. The van der Waals surface area contributed by atoms with E-state index in [1.54, 1.807) is 6.07 Å². The number of non-ortho nitro benzene ring substituents is 1. The van der Waals surface area contributed by atoms with Crippen molar-refractivity contribution < 1.29 is 19.2 Å². The Morgan fingerprint density at radius 2 is 1.77 bits per heavy atom. The number of halogens is 2. The molecule has 3 rings (SSSR count). The second kappa shape index (κ2) is 10.2. The molecule has 31 heavy (non-hydrogen) atoms. The summed E-state index contributed by atoms with van der Waals surface area (Å²) in [7, 11) is 0. The fourth-order valence-electron chi connectivity index (χ4n) is 2.59. The molecule has 0 heterocycles. The Balaban J connectivity index is 1.49. The second-order valence-corrected chi connectivity index (χ2v) is 7.96. The first-order valence-electron chi connectivity index (χ1n) is 8.85. The fourth-order valence-corrected chi connectivity index (χ4v) is 3.57. The number of hydrogen-bond donors (Lipinski definition) is 2. The van der Waals surface area contributed by atoms with Gasteiger partial charge in [-0.3, -0.25) is 30.6 Å². The molecule has 3 aromatic rings. The van der Waals surface area contributed by atoms with Gasteiger partial charge in [0.15, 0.2) is 6.61 Å². The largest absolute Gasteiger partial charge is 0.483 e. The fraction of sp³-hybridized carbons (Fsp3) is 0.0476. The summed E-state index contributed by atoms with van der Waals surface area (Å²) < 4.78 is 7.21. The van der Waals surface area contributed by atoms with Crippen LogP contribution in [0.5, 0.6) is 5.75 Å². The number of carbonyl (C=O) groups excluding carboxylic acids is 2. The van der Waals surface area contributed by atoms with Crippen LogP contribution in [0.4, 0.5) is 5.69 Å². The lowest BCUT2D eigenvalue weighted by Crippen LogP contribution is -2.43. The van der Waals surface area contributed by atoms with E-state index in [9.17, 15) is 19.7 Å². The Bertz CT molecular complexity index is 1180. The van der Waals surface area contributed by atoms with Crippen molar-refractivity contribution in [2.24, 2.45) is 0 Å². The Hall–Kier alpha value is -3.24. The average molecular weight is 549 g/mol. The lowest BCUT2D eigenvalue weighted by Gasteiger charge is -2.11. The molecule has 0 aromatic heterocycles. The molecule has 158 valence electrons. The second-order valence-electron chi connectivity index (χ2n) is 6.25. The molecule has 2 N–H and O–H groups in total. The van der Waals surface area contributed by atoms with Gasteiger partial charge in [0, 0.05) is 22.7 Å². The molecule has 0 aliphatic rings. The quantitative estimate of drug-likeness (QED) is 0.267. The van der Waals surface area contributed by atoms with Crippen molar-refractivity contribution in [3.63, 3.8) is 0 Å². The Morgan fingerprint density at radius 3 is 2.48 bits per heavy atom.